The van der Waals surface area contributed by atoms with Crippen molar-refractivity contribution < 1.29 is 33.8 Å². The molecule has 7 nitrogen and oxygen atoms in total. The third kappa shape index (κ3) is 41.4. The van der Waals surface area contributed by atoms with Gasteiger partial charge in [-0.1, -0.05) is 154 Å². The highest BCUT2D eigenvalue weighted by atomic mass is 16.5. The molecule has 0 rings (SSSR count). The highest BCUT2D eigenvalue weighted by molar-refractivity contribution is 4.82. The van der Waals surface area contributed by atoms with Crippen LogP contribution in [0, 0.1) is 0 Å². The maximum atomic E-state index is 11.0. The van der Waals surface area contributed by atoms with Gasteiger partial charge in [0.25, 0.3) is 0 Å². The van der Waals surface area contributed by atoms with Gasteiger partial charge >= 0.3 is 0 Å². The van der Waals surface area contributed by atoms with Gasteiger partial charge in [-0.15, -0.1) is 0 Å². The van der Waals surface area contributed by atoms with Crippen molar-refractivity contribution in [2.75, 3.05) is 80.8 Å². The van der Waals surface area contributed by atoms with Gasteiger partial charge in [0, 0.05) is 13.2 Å². The Bertz CT molecular complexity index is 795. The minimum absolute atomic E-state index is 0.341. The quantitative estimate of drug-likeness (QED) is 0.0325. The molecule has 0 saturated carbocycles. The van der Waals surface area contributed by atoms with Gasteiger partial charge in [-0.2, -0.15) is 0 Å². The van der Waals surface area contributed by atoms with Crippen molar-refractivity contribution in [3.8, 4) is 0 Å². The smallest absolute Gasteiger partial charge is 0.152 e. The van der Waals surface area contributed by atoms with Crippen LogP contribution in [-0.4, -0.2) is 123 Å². The number of quaternary nitrogens is 2. The fraction of sp³-hybridized carbons (Fsp3) is 0.918. The average molecular weight is 797 g/mol. The molecule has 0 aliphatic rings. The van der Waals surface area contributed by atoms with Gasteiger partial charge in [-0.25, -0.2) is 0 Å². The maximum absolute atomic E-state index is 11.0. The molecule has 0 aromatic rings. The molecular weight excluding hydrogens is 697 g/mol. The number of ether oxygens (including phenoxy) is 2. The molecular formula is C49H100N2O5+2. The Morgan fingerprint density at radius 3 is 0.911 bits per heavy atom. The highest BCUT2D eigenvalue weighted by Gasteiger charge is 2.30. The summed E-state index contributed by atoms with van der Waals surface area (Å²) < 4.78 is 12.7. The first-order chi connectivity index (χ1) is 27.0. The summed E-state index contributed by atoms with van der Waals surface area (Å²) in [5.74, 6) is 0. The number of hydrogen-bond acceptors (Lipinski definition) is 5. The highest BCUT2D eigenvalue weighted by Crippen LogP contribution is 2.13. The largest absolute Gasteiger partial charge is 0.385 e. The zero-order valence-electron chi connectivity index (χ0n) is 38.5. The van der Waals surface area contributed by atoms with Gasteiger partial charge in [0.1, 0.15) is 38.4 Å². The predicted octanol–water partition coefficient (Wildman–Crippen LogP) is 11.3. The Morgan fingerprint density at radius 1 is 0.357 bits per heavy atom. The van der Waals surface area contributed by atoms with Crippen molar-refractivity contribution in [2.24, 2.45) is 0 Å². The van der Waals surface area contributed by atoms with Gasteiger partial charge in [0.15, 0.2) is 6.10 Å². The maximum Gasteiger partial charge on any atom is 0.152 e. The summed E-state index contributed by atoms with van der Waals surface area (Å²) in [6.45, 7) is 8.77. The number of hydrogen-bond donors (Lipinski definition) is 3. The number of aliphatic hydroxyl groups is 3. The van der Waals surface area contributed by atoms with E-state index in [4.69, 9.17) is 9.47 Å². The van der Waals surface area contributed by atoms with E-state index in [2.05, 4.69) is 66.3 Å². The summed E-state index contributed by atoms with van der Waals surface area (Å²) >= 11 is 0. The molecule has 0 aliphatic carbocycles. The van der Waals surface area contributed by atoms with Crippen molar-refractivity contribution in [1.82, 2.24) is 0 Å². The molecule has 0 saturated heterocycles. The topological polar surface area (TPSA) is 79.2 Å². The number of unbranched alkanes of at least 4 members (excludes halogenated alkanes) is 24. The molecule has 7 heteroatoms. The van der Waals surface area contributed by atoms with E-state index in [-0.39, 0.29) is 0 Å². The molecule has 0 aromatic heterocycles. The number of aliphatic hydroxyl groups excluding tert-OH is 3. The predicted molar refractivity (Wildman–Crippen MR) is 242 cm³/mol. The van der Waals surface area contributed by atoms with Crippen molar-refractivity contribution in [3.05, 3.63) is 24.3 Å². The first-order valence-corrected chi connectivity index (χ1v) is 24.1. The lowest BCUT2D eigenvalue weighted by molar-refractivity contribution is -0.917. The molecule has 0 amide bonds. The number of likely N-dealkylation sites (N-methyl/N-ethyl adjacent to an activating group) is 2. The van der Waals surface area contributed by atoms with Crippen LogP contribution in [0.4, 0.5) is 0 Å². The summed E-state index contributed by atoms with van der Waals surface area (Å²) in [6, 6.07) is 0. The normalized spacial score (nSPS) is 14.4. The summed E-state index contributed by atoms with van der Waals surface area (Å²) in [5, 5.41) is 32.3. The lowest BCUT2D eigenvalue weighted by Crippen LogP contribution is -2.56. The zero-order chi connectivity index (χ0) is 41.4. The van der Waals surface area contributed by atoms with E-state index in [0.717, 1.165) is 12.8 Å². The van der Waals surface area contributed by atoms with E-state index < -0.39 is 18.3 Å². The second-order valence-electron chi connectivity index (χ2n) is 18.6. The molecule has 3 N–H and O–H groups in total. The van der Waals surface area contributed by atoms with E-state index in [1.165, 1.54) is 167 Å². The first-order valence-electron chi connectivity index (χ1n) is 24.1. The first kappa shape index (κ1) is 55.2. The monoisotopic (exact) mass is 797 g/mol. The van der Waals surface area contributed by atoms with Gasteiger partial charge in [-0.05, 0) is 64.2 Å². The van der Waals surface area contributed by atoms with E-state index in [1.807, 2.05) is 0 Å². The van der Waals surface area contributed by atoms with Gasteiger partial charge in [0.2, 0.25) is 0 Å². The molecule has 0 bridgehead atoms. The van der Waals surface area contributed by atoms with E-state index >= 15 is 0 Å². The summed E-state index contributed by atoms with van der Waals surface area (Å²) in [5.41, 5.74) is 0. The van der Waals surface area contributed by atoms with Crippen molar-refractivity contribution in [1.29, 1.82) is 0 Å². The van der Waals surface area contributed by atoms with Gasteiger partial charge in [0.05, 0.1) is 41.4 Å². The third-order valence-corrected chi connectivity index (χ3v) is 11.0. The van der Waals surface area contributed by atoms with Crippen LogP contribution in [0.25, 0.3) is 0 Å². The molecule has 0 spiro atoms. The molecule has 2 unspecified atom stereocenters. The SMILES string of the molecule is CCCCCCCC/C=C/CCCCCCCCOCC(O)C[N+](C)(C)CC(O)C[N+](C)(C)CC(O)COCCCCCCCC/C=C/CCCCCCCC. The van der Waals surface area contributed by atoms with Crippen LogP contribution < -0.4 is 0 Å². The van der Waals surface area contributed by atoms with E-state index in [1.54, 1.807) is 0 Å². The second kappa shape index (κ2) is 39.6. The summed E-state index contributed by atoms with van der Waals surface area (Å²) in [6.07, 6.45) is 44.1. The lowest BCUT2D eigenvalue weighted by Gasteiger charge is -2.37. The van der Waals surface area contributed by atoms with E-state index in [9.17, 15) is 15.3 Å². The van der Waals surface area contributed by atoms with Crippen LogP contribution in [0.3, 0.4) is 0 Å². The van der Waals surface area contributed by atoms with Gasteiger partial charge < -0.3 is 33.8 Å². The van der Waals surface area contributed by atoms with Crippen LogP contribution in [-0.2, 0) is 9.47 Å². The number of rotatable bonds is 44. The Hall–Kier alpha value is -0.800. The molecule has 334 valence electrons. The van der Waals surface area contributed by atoms with Crippen molar-refractivity contribution in [2.45, 2.75) is 212 Å². The summed E-state index contributed by atoms with van der Waals surface area (Å²) in [7, 11) is 8.21. The minimum atomic E-state index is -0.556. The van der Waals surface area contributed by atoms with Crippen molar-refractivity contribution in [3.63, 3.8) is 0 Å². The molecule has 0 heterocycles. The fourth-order valence-electron chi connectivity index (χ4n) is 7.94. The van der Waals surface area contributed by atoms with Crippen LogP contribution in [0.15, 0.2) is 24.3 Å². The standard InChI is InChI=1S/C49H100N2O5/c1-7-9-11-13-15-17-19-21-23-25-27-29-31-33-35-37-39-55-45-48(53)43-50(3,4)41-47(52)42-51(5,6)44-49(54)46-56-40-38-36-34-32-30-28-26-24-22-20-18-16-14-12-10-8-2/h21-24,47-49,52-54H,7-20,25-46H2,1-6H3/q+2/b23-21+,24-22+. The minimum Gasteiger partial charge on any atom is -0.385 e. The fourth-order valence-corrected chi connectivity index (χ4v) is 7.94. The molecule has 56 heavy (non-hydrogen) atoms. The van der Waals surface area contributed by atoms with Gasteiger partial charge in [-0.3, -0.25) is 0 Å². The number of allylic oxidation sites excluding steroid dienone is 4. The third-order valence-electron chi connectivity index (χ3n) is 11.0. The molecule has 0 radical (unpaired) electrons. The molecule has 0 aliphatic heterocycles. The van der Waals surface area contributed by atoms with Crippen molar-refractivity contribution >= 4 is 0 Å². The van der Waals surface area contributed by atoms with Crippen LogP contribution in [0.1, 0.15) is 194 Å². The number of nitrogens with zero attached hydrogens (tertiary/aromatic N) is 2. The Morgan fingerprint density at radius 2 is 0.607 bits per heavy atom. The van der Waals surface area contributed by atoms with E-state index in [0.29, 0.717) is 61.6 Å². The Labute approximate surface area is 349 Å². The van der Waals surface area contributed by atoms with Crippen LogP contribution in [0.2, 0.25) is 0 Å². The zero-order valence-corrected chi connectivity index (χ0v) is 38.5. The molecule has 0 fully saturated rings. The Balaban J connectivity index is 3.80. The molecule has 0 aromatic carbocycles. The second-order valence-corrected chi connectivity index (χ2v) is 18.6. The molecule has 2 atom stereocenters. The lowest BCUT2D eigenvalue weighted by atomic mass is 10.1. The van der Waals surface area contributed by atoms with Crippen LogP contribution >= 0.6 is 0 Å². The Kier molecular flexibility index (Phi) is 39.1. The average Bonchev–Trinajstić information content (AvgIpc) is 3.12. The summed E-state index contributed by atoms with van der Waals surface area (Å²) in [4.78, 5) is 0. The van der Waals surface area contributed by atoms with Crippen LogP contribution in [0.5, 0.6) is 0 Å².